The Morgan fingerprint density at radius 3 is 2.72 bits per heavy atom. The van der Waals surface area contributed by atoms with E-state index < -0.39 is 5.97 Å². The van der Waals surface area contributed by atoms with Gasteiger partial charge in [0.1, 0.15) is 0 Å². The maximum Gasteiger partial charge on any atom is 0.379 e. The third-order valence-corrected chi connectivity index (χ3v) is 4.15. The Morgan fingerprint density at radius 2 is 2.00 bits per heavy atom. The van der Waals surface area contributed by atoms with Crippen molar-refractivity contribution in [2.24, 2.45) is 5.10 Å². The molecule has 29 heavy (non-hydrogen) atoms. The van der Waals surface area contributed by atoms with Gasteiger partial charge in [-0.2, -0.15) is 5.10 Å². The van der Waals surface area contributed by atoms with E-state index in [0.29, 0.717) is 23.5 Å². The van der Waals surface area contributed by atoms with Gasteiger partial charge in [-0.25, -0.2) is 10.2 Å². The summed E-state index contributed by atoms with van der Waals surface area (Å²) in [5.41, 5.74) is 3.59. The lowest BCUT2D eigenvalue weighted by molar-refractivity contribution is 0.0695. The predicted octanol–water partition coefficient (Wildman–Crippen LogP) is 4.42. The van der Waals surface area contributed by atoms with Crippen molar-refractivity contribution >= 4 is 34.0 Å². The molecule has 7 nitrogen and oxygen atoms in total. The van der Waals surface area contributed by atoms with E-state index >= 15 is 0 Å². The minimum absolute atomic E-state index is 0.0911. The Balaban J connectivity index is 1.69. The zero-order valence-electron chi connectivity index (χ0n) is 15.4. The normalized spacial score (nSPS) is 10.7. The molecular weight excluding hydrogens is 440 g/mol. The first-order valence-electron chi connectivity index (χ1n) is 8.68. The van der Waals surface area contributed by atoms with Gasteiger partial charge in [0.2, 0.25) is 5.76 Å². The molecule has 0 radical (unpaired) electrons. The van der Waals surface area contributed by atoms with Crippen molar-refractivity contribution in [3.8, 4) is 11.5 Å². The van der Waals surface area contributed by atoms with Crippen molar-refractivity contribution in [1.82, 2.24) is 5.43 Å². The maximum atomic E-state index is 12.1. The van der Waals surface area contributed by atoms with E-state index in [9.17, 15) is 9.59 Å². The fourth-order valence-electron chi connectivity index (χ4n) is 2.36. The number of amides is 1. The molecule has 0 aliphatic heterocycles. The summed E-state index contributed by atoms with van der Waals surface area (Å²) in [6, 6.07) is 15.0. The van der Waals surface area contributed by atoms with E-state index in [2.05, 4.69) is 26.5 Å². The van der Waals surface area contributed by atoms with E-state index in [1.165, 1.54) is 18.5 Å². The van der Waals surface area contributed by atoms with Crippen LogP contribution in [0.3, 0.4) is 0 Å². The van der Waals surface area contributed by atoms with Gasteiger partial charge in [-0.3, -0.25) is 4.79 Å². The summed E-state index contributed by atoms with van der Waals surface area (Å²) in [6.45, 7) is 2.20. The molecule has 1 heterocycles. The zero-order chi connectivity index (χ0) is 20.6. The fourth-order valence-corrected chi connectivity index (χ4v) is 2.76. The van der Waals surface area contributed by atoms with Crippen LogP contribution in [0.25, 0.3) is 0 Å². The Bertz CT molecular complexity index is 1030. The van der Waals surface area contributed by atoms with Gasteiger partial charge in [-0.1, -0.05) is 22.0 Å². The van der Waals surface area contributed by atoms with Crippen LogP contribution >= 0.6 is 15.9 Å². The quantitative estimate of drug-likeness (QED) is 0.246. The van der Waals surface area contributed by atoms with Crippen molar-refractivity contribution in [1.29, 1.82) is 0 Å². The molecule has 3 aromatic rings. The number of halogens is 1. The average Bonchev–Trinajstić information content (AvgIpc) is 3.25. The summed E-state index contributed by atoms with van der Waals surface area (Å²) in [5, 5.41) is 3.96. The minimum Gasteiger partial charge on any atom is -0.490 e. The molecule has 1 aromatic heterocycles. The van der Waals surface area contributed by atoms with E-state index in [1.807, 2.05) is 13.0 Å². The second-order valence-corrected chi connectivity index (χ2v) is 6.63. The van der Waals surface area contributed by atoms with Gasteiger partial charge >= 0.3 is 5.97 Å². The first-order valence-corrected chi connectivity index (χ1v) is 9.47. The van der Waals surface area contributed by atoms with Crippen LogP contribution < -0.4 is 14.9 Å². The van der Waals surface area contributed by atoms with Crippen LogP contribution in [0.5, 0.6) is 11.5 Å². The number of hydrogen-bond donors (Lipinski definition) is 1. The summed E-state index contributed by atoms with van der Waals surface area (Å²) in [7, 11) is 0. The number of nitrogens with one attached hydrogen (secondary N) is 1. The molecule has 0 unspecified atom stereocenters. The Labute approximate surface area is 175 Å². The van der Waals surface area contributed by atoms with E-state index in [1.54, 1.807) is 42.5 Å². The molecule has 1 amide bonds. The van der Waals surface area contributed by atoms with E-state index in [4.69, 9.17) is 13.9 Å². The molecule has 3 rings (SSSR count). The van der Waals surface area contributed by atoms with Crippen LogP contribution in [0.4, 0.5) is 0 Å². The highest BCUT2D eigenvalue weighted by Crippen LogP contribution is 2.29. The van der Waals surface area contributed by atoms with E-state index in [-0.39, 0.29) is 17.4 Å². The molecule has 8 heteroatoms. The van der Waals surface area contributed by atoms with Crippen LogP contribution in [-0.2, 0) is 0 Å². The molecule has 0 aliphatic carbocycles. The molecule has 0 spiro atoms. The topological polar surface area (TPSA) is 90.1 Å². The van der Waals surface area contributed by atoms with Gasteiger partial charge in [-0.15, -0.1) is 0 Å². The van der Waals surface area contributed by atoms with Gasteiger partial charge in [0, 0.05) is 10.0 Å². The molecule has 0 aliphatic rings. The molecule has 0 fully saturated rings. The minimum atomic E-state index is -0.626. The number of carbonyl (C=O) groups excluding carboxylic acids is 2. The van der Waals surface area contributed by atoms with Crippen LogP contribution in [0.15, 0.2) is 74.9 Å². The Morgan fingerprint density at radius 1 is 1.14 bits per heavy atom. The number of rotatable bonds is 7. The van der Waals surface area contributed by atoms with Crippen molar-refractivity contribution in [3.63, 3.8) is 0 Å². The van der Waals surface area contributed by atoms with Gasteiger partial charge in [0.15, 0.2) is 11.5 Å². The highest BCUT2D eigenvalue weighted by atomic mass is 79.9. The van der Waals surface area contributed by atoms with Gasteiger partial charge in [-0.05, 0) is 61.0 Å². The van der Waals surface area contributed by atoms with Crippen LogP contribution in [0, 0.1) is 0 Å². The van der Waals surface area contributed by atoms with Crippen molar-refractivity contribution in [3.05, 3.63) is 82.2 Å². The molecule has 0 atom stereocenters. The number of hydrogen-bond acceptors (Lipinski definition) is 6. The standard InChI is InChI=1S/C21H17BrN2O5/c1-2-27-19-11-14(8-9-17(19)29-21(26)18-7-4-10-28-18)13-23-24-20(25)15-5-3-6-16(22)12-15/h3-13H,2H2,1H3,(H,24,25). The third kappa shape index (κ3) is 5.55. The first kappa shape index (κ1) is 20.3. The molecule has 148 valence electrons. The second-order valence-electron chi connectivity index (χ2n) is 5.72. The van der Waals surface area contributed by atoms with Crippen LogP contribution in [0.2, 0.25) is 0 Å². The lowest BCUT2D eigenvalue weighted by Crippen LogP contribution is -2.17. The van der Waals surface area contributed by atoms with Crippen LogP contribution in [0.1, 0.15) is 33.4 Å². The monoisotopic (exact) mass is 456 g/mol. The highest BCUT2D eigenvalue weighted by Gasteiger charge is 2.15. The SMILES string of the molecule is CCOc1cc(C=NNC(=O)c2cccc(Br)c2)ccc1OC(=O)c1ccco1. The lowest BCUT2D eigenvalue weighted by atomic mass is 10.2. The number of furan rings is 1. The van der Waals surface area contributed by atoms with Gasteiger partial charge in [0.05, 0.1) is 19.1 Å². The van der Waals surface area contributed by atoms with Crippen molar-refractivity contribution < 1.29 is 23.5 Å². The summed E-state index contributed by atoms with van der Waals surface area (Å²) in [4.78, 5) is 24.2. The second kappa shape index (κ2) is 9.70. The molecule has 2 aromatic carbocycles. The molecule has 1 N–H and O–H groups in total. The number of ether oxygens (including phenoxy) is 2. The number of esters is 1. The summed E-state index contributed by atoms with van der Waals surface area (Å²) >= 11 is 3.32. The average molecular weight is 457 g/mol. The van der Waals surface area contributed by atoms with Crippen molar-refractivity contribution in [2.45, 2.75) is 6.92 Å². The third-order valence-electron chi connectivity index (χ3n) is 3.66. The summed E-state index contributed by atoms with van der Waals surface area (Å²) in [6.07, 6.45) is 2.86. The van der Waals surface area contributed by atoms with Crippen molar-refractivity contribution in [2.75, 3.05) is 6.61 Å². The number of carbonyl (C=O) groups is 2. The van der Waals surface area contributed by atoms with Gasteiger partial charge < -0.3 is 13.9 Å². The Hall–Kier alpha value is -3.39. The molecule has 0 saturated carbocycles. The predicted molar refractivity (Wildman–Crippen MR) is 110 cm³/mol. The van der Waals surface area contributed by atoms with E-state index in [0.717, 1.165) is 4.47 Å². The molecular formula is C21H17BrN2O5. The maximum absolute atomic E-state index is 12.1. The largest absolute Gasteiger partial charge is 0.490 e. The lowest BCUT2D eigenvalue weighted by Gasteiger charge is -2.10. The summed E-state index contributed by atoms with van der Waals surface area (Å²) < 4.78 is 16.7. The number of nitrogens with zero attached hydrogens (tertiary/aromatic N) is 1. The number of hydrazone groups is 1. The Kier molecular flexibility index (Phi) is 6.80. The first-order chi connectivity index (χ1) is 14.1. The molecule has 0 saturated heterocycles. The van der Waals surface area contributed by atoms with Gasteiger partial charge in [0.25, 0.3) is 5.91 Å². The fraction of sp³-hybridized carbons (Fsp3) is 0.0952. The number of benzene rings is 2. The smallest absolute Gasteiger partial charge is 0.379 e. The zero-order valence-corrected chi connectivity index (χ0v) is 17.0. The van der Waals surface area contributed by atoms with Crippen LogP contribution in [-0.4, -0.2) is 24.7 Å². The highest BCUT2D eigenvalue weighted by molar-refractivity contribution is 9.10. The summed E-state index contributed by atoms with van der Waals surface area (Å²) in [5.74, 6) is -0.248. The molecule has 0 bridgehead atoms.